The van der Waals surface area contributed by atoms with Crippen LogP contribution in [0.1, 0.15) is 19.3 Å². The number of aromatic nitrogens is 1. The zero-order valence-electron chi connectivity index (χ0n) is 10.5. The number of benzene rings is 1. The molecule has 0 unspecified atom stereocenters. The summed E-state index contributed by atoms with van der Waals surface area (Å²) in [6, 6.07) is 9.59. The fourth-order valence-corrected chi connectivity index (χ4v) is 3.44. The maximum Gasteiger partial charge on any atom is 0.266 e. The highest BCUT2D eigenvalue weighted by molar-refractivity contribution is 7.11. The summed E-state index contributed by atoms with van der Waals surface area (Å²) in [5.41, 5.74) is 2.04. The Morgan fingerprint density at radius 1 is 1.00 bits per heavy atom. The Hall–Kier alpha value is -1.26. The lowest BCUT2D eigenvalue weighted by Gasteiger charge is -2.28. The van der Waals surface area contributed by atoms with E-state index in [4.69, 9.17) is 11.6 Å². The molecule has 3 nitrogen and oxygen atoms in total. The Morgan fingerprint density at radius 2 is 1.63 bits per heavy atom. The van der Waals surface area contributed by atoms with Crippen LogP contribution in [-0.4, -0.2) is 17.0 Å². The predicted molar refractivity (Wildman–Crippen MR) is 81.0 cm³/mol. The molecule has 1 aliphatic rings. The molecule has 0 aliphatic carbocycles. The van der Waals surface area contributed by atoms with Gasteiger partial charge in [0.25, 0.3) is 5.56 Å². The first-order valence-corrected chi connectivity index (χ1v) is 7.63. The van der Waals surface area contributed by atoms with Gasteiger partial charge in [0.15, 0.2) is 0 Å². The molecular weight excluding hydrogens is 280 g/mol. The third kappa shape index (κ3) is 2.69. The standard InChI is InChI=1S/C14H15ClN2OS/c15-13-10-14(18)17(19-13)12-6-4-11(5-7-12)16-8-2-1-3-9-16/h4-7,10H,1-3,8-9H2. The van der Waals surface area contributed by atoms with E-state index in [9.17, 15) is 4.79 Å². The summed E-state index contributed by atoms with van der Waals surface area (Å²) in [6.45, 7) is 2.26. The van der Waals surface area contributed by atoms with Gasteiger partial charge < -0.3 is 4.90 Å². The van der Waals surface area contributed by atoms with Gasteiger partial charge in [-0.25, -0.2) is 3.96 Å². The number of nitrogens with zero attached hydrogens (tertiary/aromatic N) is 2. The Balaban J connectivity index is 1.86. The van der Waals surface area contributed by atoms with Crippen molar-refractivity contribution in [2.75, 3.05) is 18.0 Å². The average Bonchev–Trinajstić information content (AvgIpc) is 2.79. The third-order valence-electron chi connectivity index (χ3n) is 3.42. The van der Waals surface area contributed by atoms with Gasteiger partial charge in [0.05, 0.1) is 5.69 Å². The Labute approximate surface area is 121 Å². The molecule has 1 fully saturated rings. The minimum atomic E-state index is -0.0688. The average molecular weight is 295 g/mol. The second kappa shape index (κ2) is 5.39. The van der Waals surface area contributed by atoms with Crippen molar-refractivity contribution in [3.05, 3.63) is 45.0 Å². The van der Waals surface area contributed by atoms with Gasteiger partial charge in [0.1, 0.15) is 4.34 Å². The fraction of sp³-hybridized carbons (Fsp3) is 0.357. The molecule has 19 heavy (non-hydrogen) atoms. The molecule has 2 heterocycles. The molecule has 0 N–H and O–H groups in total. The van der Waals surface area contributed by atoms with Crippen LogP contribution in [0.5, 0.6) is 0 Å². The lowest BCUT2D eigenvalue weighted by Crippen LogP contribution is -2.29. The van der Waals surface area contributed by atoms with Gasteiger partial charge in [-0.1, -0.05) is 11.6 Å². The van der Waals surface area contributed by atoms with E-state index < -0.39 is 0 Å². The van der Waals surface area contributed by atoms with Gasteiger partial charge in [-0.3, -0.25) is 4.79 Å². The minimum Gasteiger partial charge on any atom is -0.372 e. The van der Waals surface area contributed by atoms with Gasteiger partial charge >= 0.3 is 0 Å². The van der Waals surface area contributed by atoms with E-state index in [1.807, 2.05) is 12.1 Å². The van der Waals surface area contributed by atoms with E-state index in [1.54, 1.807) is 3.96 Å². The normalized spacial score (nSPS) is 15.7. The third-order valence-corrected chi connectivity index (χ3v) is 4.60. The largest absolute Gasteiger partial charge is 0.372 e. The summed E-state index contributed by atoms with van der Waals surface area (Å²) in [6.07, 6.45) is 3.86. The quantitative estimate of drug-likeness (QED) is 0.846. The van der Waals surface area contributed by atoms with Gasteiger partial charge in [0, 0.05) is 24.8 Å². The van der Waals surface area contributed by atoms with Crippen molar-refractivity contribution >= 4 is 28.8 Å². The van der Waals surface area contributed by atoms with Crippen LogP contribution in [0.25, 0.3) is 5.69 Å². The van der Waals surface area contributed by atoms with E-state index in [0.29, 0.717) is 4.34 Å². The summed E-state index contributed by atoms with van der Waals surface area (Å²) >= 11 is 7.12. The number of piperidine rings is 1. The molecule has 0 amide bonds. The van der Waals surface area contributed by atoms with E-state index >= 15 is 0 Å². The topological polar surface area (TPSA) is 25.2 Å². The second-order valence-electron chi connectivity index (χ2n) is 4.74. The summed E-state index contributed by atoms with van der Waals surface area (Å²) in [5, 5.41) is 0. The summed E-state index contributed by atoms with van der Waals surface area (Å²) in [4.78, 5) is 14.1. The van der Waals surface area contributed by atoms with E-state index in [2.05, 4.69) is 17.0 Å². The van der Waals surface area contributed by atoms with Crippen LogP contribution in [0.15, 0.2) is 35.1 Å². The lowest BCUT2D eigenvalue weighted by molar-refractivity contribution is 0.578. The van der Waals surface area contributed by atoms with Crippen LogP contribution >= 0.6 is 23.1 Å². The molecule has 0 radical (unpaired) electrons. The molecule has 5 heteroatoms. The van der Waals surface area contributed by atoms with Crippen molar-refractivity contribution in [1.29, 1.82) is 0 Å². The molecule has 100 valence electrons. The Kier molecular flexibility index (Phi) is 3.62. The Bertz CT molecular complexity index is 611. The molecule has 3 rings (SSSR count). The molecule has 1 aromatic heterocycles. The van der Waals surface area contributed by atoms with Crippen molar-refractivity contribution in [1.82, 2.24) is 3.96 Å². The zero-order valence-corrected chi connectivity index (χ0v) is 12.1. The van der Waals surface area contributed by atoms with Gasteiger partial charge in [0.2, 0.25) is 0 Å². The van der Waals surface area contributed by atoms with Crippen molar-refractivity contribution in [3.63, 3.8) is 0 Å². The number of hydrogen-bond acceptors (Lipinski definition) is 3. The number of anilines is 1. The highest BCUT2D eigenvalue weighted by Gasteiger charge is 2.11. The molecule has 2 aromatic rings. The number of halogens is 1. The van der Waals surface area contributed by atoms with Gasteiger partial charge in [-0.15, -0.1) is 0 Å². The predicted octanol–water partition coefficient (Wildman–Crippen LogP) is 3.54. The highest BCUT2D eigenvalue weighted by Crippen LogP contribution is 2.23. The number of rotatable bonds is 2. The monoisotopic (exact) mass is 294 g/mol. The van der Waals surface area contributed by atoms with Crippen LogP contribution in [0, 0.1) is 0 Å². The maximum atomic E-state index is 11.7. The van der Waals surface area contributed by atoms with Crippen molar-refractivity contribution < 1.29 is 0 Å². The van der Waals surface area contributed by atoms with Crippen molar-refractivity contribution in [2.45, 2.75) is 19.3 Å². The molecule has 0 spiro atoms. The fourth-order valence-electron chi connectivity index (χ4n) is 2.45. The first-order valence-electron chi connectivity index (χ1n) is 6.48. The SMILES string of the molecule is O=c1cc(Cl)sn1-c1ccc(N2CCCCC2)cc1. The molecule has 0 saturated carbocycles. The zero-order chi connectivity index (χ0) is 13.2. The molecule has 1 aliphatic heterocycles. The molecule has 0 bridgehead atoms. The smallest absolute Gasteiger partial charge is 0.266 e. The van der Waals surface area contributed by atoms with E-state index in [-0.39, 0.29) is 5.56 Å². The van der Waals surface area contributed by atoms with Crippen molar-refractivity contribution in [2.24, 2.45) is 0 Å². The van der Waals surface area contributed by atoms with Gasteiger partial charge in [-0.2, -0.15) is 0 Å². The molecular formula is C14H15ClN2OS. The van der Waals surface area contributed by atoms with Crippen LogP contribution in [-0.2, 0) is 0 Å². The molecule has 0 atom stereocenters. The van der Waals surface area contributed by atoms with Gasteiger partial charge in [-0.05, 0) is 55.1 Å². The summed E-state index contributed by atoms with van der Waals surface area (Å²) in [7, 11) is 0. The van der Waals surface area contributed by atoms with Crippen LogP contribution in [0.2, 0.25) is 4.34 Å². The van der Waals surface area contributed by atoms with Crippen LogP contribution < -0.4 is 10.5 Å². The minimum absolute atomic E-state index is 0.0688. The van der Waals surface area contributed by atoms with E-state index in [0.717, 1.165) is 18.8 Å². The summed E-state index contributed by atoms with van der Waals surface area (Å²) in [5.74, 6) is 0. The van der Waals surface area contributed by atoms with Crippen LogP contribution in [0.3, 0.4) is 0 Å². The maximum absolute atomic E-state index is 11.7. The van der Waals surface area contributed by atoms with E-state index in [1.165, 1.54) is 42.5 Å². The first kappa shape index (κ1) is 12.8. The Morgan fingerprint density at radius 3 is 2.21 bits per heavy atom. The van der Waals surface area contributed by atoms with Crippen molar-refractivity contribution in [3.8, 4) is 5.69 Å². The summed E-state index contributed by atoms with van der Waals surface area (Å²) < 4.78 is 2.13. The lowest BCUT2D eigenvalue weighted by atomic mass is 10.1. The van der Waals surface area contributed by atoms with Crippen LogP contribution in [0.4, 0.5) is 5.69 Å². The highest BCUT2D eigenvalue weighted by atomic mass is 35.5. The second-order valence-corrected chi connectivity index (χ2v) is 6.36. The molecule has 1 saturated heterocycles. The molecule has 1 aromatic carbocycles. The number of hydrogen-bond donors (Lipinski definition) is 0. The first-order chi connectivity index (χ1) is 9.24.